The number of nitro groups is 1. The number of anilines is 3. The van der Waals surface area contributed by atoms with Gasteiger partial charge in [-0.25, -0.2) is 9.78 Å². The number of nitrogens with one attached hydrogen (secondary N) is 2. The number of carboxylic acid groups (broad SMARTS) is 1. The Kier molecular flexibility index (Phi) is 8.77. The van der Waals surface area contributed by atoms with Crippen LogP contribution in [0.15, 0.2) is 54.7 Å². The van der Waals surface area contributed by atoms with Crippen molar-refractivity contribution in [1.29, 1.82) is 0 Å². The first-order valence-electron chi connectivity index (χ1n) is 8.78. The number of rotatable bonds is 6. The number of aromatic nitrogens is 2. The Labute approximate surface area is 194 Å². The summed E-state index contributed by atoms with van der Waals surface area (Å²) in [6.07, 6.45) is -3.66. The van der Waals surface area contributed by atoms with Crippen molar-refractivity contribution in [2.45, 2.75) is 12.7 Å². The van der Waals surface area contributed by atoms with Gasteiger partial charge in [-0.1, -0.05) is 29.8 Å². The summed E-state index contributed by atoms with van der Waals surface area (Å²) in [7, 11) is 0. The van der Waals surface area contributed by atoms with Gasteiger partial charge in [0.05, 0.1) is 11.1 Å². The van der Waals surface area contributed by atoms with Gasteiger partial charge >= 0.3 is 12.1 Å². The number of benzene rings is 2. The van der Waals surface area contributed by atoms with Crippen LogP contribution >= 0.6 is 23.2 Å². The molecule has 9 nitrogen and oxygen atoms in total. The van der Waals surface area contributed by atoms with Gasteiger partial charge < -0.3 is 15.7 Å². The molecule has 0 atom stereocenters. The average molecular weight is 504 g/mol. The second-order valence-electron chi connectivity index (χ2n) is 6.12. The van der Waals surface area contributed by atoms with Gasteiger partial charge in [0, 0.05) is 30.1 Å². The number of carbonyl (C=O) groups is 1. The highest BCUT2D eigenvalue weighted by atomic mass is 35.5. The van der Waals surface area contributed by atoms with E-state index < -0.39 is 17.1 Å². The molecule has 3 aromatic rings. The smallest absolute Gasteiger partial charge is 0.475 e. The number of carboxylic acids is 1. The highest BCUT2D eigenvalue weighted by Gasteiger charge is 2.38. The summed E-state index contributed by atoms with van der Waals surface area (Å²) in [5.41, 5.74) is 2.46. The van der Waals surface area contributed by atoms with Crippen LogP contribution in [0.1, 0.15) is 5.56 Å². The van der Waals surface area contributed by atoms with Crippen LogP contribution in [0.4, 0.5) is 36.1 Å². The quantitative estimate of drug-likeness (QED) is 0.222. The van der Waals surface area contributed by atoms with Crippen LogP contribution in [0.3, 0.4) is 0 Å². The van der Waals surface area contributed by atoms with Gasteiger partial charge in [-0.05, 0) is 35.4 Å². The minimum absolute atomic E-state index is 0.0648. The number of halogens is 5. The number of alkyl halides is 3. The first kappa shape index (κ1) is 25.6. The summed E-state index contributed by atoms with van der Waals surface area (Å²) < 4.78 is 31.7. The van der Waals surface area contributed by atoms with E-state index in [9.17, 15) is 23.3 Å². The maximum absolute atomic E-state index is 10.8. The third-order valence-electron chi connectivity index (χ3n) is 3.70. The number of nitrogens with zero attached hydrogens (tertiary/aromatic N) is 3. The van der Waals surface area contributed by atoms with Crippen molar-refractivity contribution >= 4 is 52.1 Å². The van der Waals surface area contributed by atoms with Crippen LogP contribution in [0, 0.1) is 10.1 Å². The highest BCUT2D eigenvalue weighted by Crippen LogP contribution is 2.25. The van der Waals surface area contributed by atoms with Crippen LogP contribution in [0.2, 0.25) is 10.3 Å². The molecule has 0 aliphatic rings. The summed E-state index contributed by atoms with van der Waals surface area (Å²) in [5.74, 6) is -2.35. The zero-order valence-corrected chi connectivity index (χ0v) is 17.8. The Bertz CT molecular complexity index is 1150. The summed E-state index contributed by atoms with van der Waals surface area (Å²) in [4.78, 5) is 27.2. The normalized spacial score (nSPS) is 10.6. The molecular weight excluding hydrogens is 490 g/mol. The number of hydrogen-bond donors (Lipinski definition) is 3. The lowest BCUT2D eigenvalue weighted by molar-refractivity contribution is -0.384. The molecule has 3 N–H and O–H groups in total. The fourth-order valence-corrected chi connectivity index (χ4v) is 2.53. The minimum atomic E-state index is -5.08. The first-order chi connectivity index (χ1) is 15.5. The van der Waals surface area contributed by atoms with Gasteiger partial charge in [-0.3, -0.25) is 10.1 Å². The highest BCUT2D eigenvalue weighted by molar-refractivity contribution is 6.33. The lowest BCUT2D eigenvalue weighted by atomic mass is 10.2. The van der Waals surface area contributed by atoms with Gasteiger partial charge in [0.1, 0.15) is 5.02 Å². The molecule has 33 heavy (non-hydrogen) atoms. The second kappa shape index (κ2) is 11.3. The molecule has 0 amide bonds. The molecule has 14 heteroatoms. The second-order valence-corrected chi connectivity index (χ2v) is 6.87. The third-order valence-corrected chi connectivity index (χ3v) is 4.16. The fraction of sp³-hybridized carbons (Fsp3) is 0.105. The predicted octanol–water partition coefficient (Wildman–Crippen LogP) is 5.68. The van der Waals surface area contributed by atoms with Gasteiger partial charge in [-0.15, -0.1) is 0 Å². The number of hydrogen-bond acceptors (Lipinski definition) is 7. The maximum Gasteiger partial charge on any atom is 0.490 e. The van der Waals surface area contributed by atoms with Crippen molar-refractivity contribution in [2.24, 2.45) is 0 Å². The number of aliphatic carboxylic acids is 1. The van der Waals surface area contributed by atoms with Gasteiger partial charge in [0.25, 0.3) is 5.69 Å². The summed E-state index contributed by atoms with van der Waals surface area (Å²) in [6, 6.07) is 13.9. The van der Waals surface area contributed by atoms with E-state index in [1.165, 1.54) is 18.3 Å². The largest absolute Gasteiger partial charge is 0.490 e. The third kappa shape index (κ3) is 8.43. The van der Waals surface area contributed by atoms with E-state index in [1.807, 2.05) is 30.3 Å². The van der Waals surface area contributed by atoms with E-state index in [-0.39, 0.29) is 11.0 Å². The van der Waals surface area contributed by atoms with Crippen molar-refractivity contribution in [3.8, 4) is 0 Å². The lowest BCUT2D eigenvalue weighted by Gasteiger charge is -2.11. The molecule has 1 heterocycles. The first-order valence-corrected chi connectivity index (χ1v) is 9.53. The van der Waals surface area contributed by atoms with Gasteiger partial charge in [0.2, 0.25) is 5.28 Å². The van der Waals surface area contributed by atoms with Crippen LogP contribution in [-0.2, 0) is 11.3 Å². The lowest BCUT2D eigenvalue weighted by Crippen LogP contribution is -2.21. The van der Waals surface area contributed by atoms with E-state index in [0.29, 0.717) is 17.4 Å². The SMILES string of the molecule is O=C(O)C(F)(F)F.O=[N+]([O-])c1cccc(CNc2cccc(Nc3nc(Cl)ncc3Cl)c2)c1. The van der Waals surface area contributed by atoms with Gasteiger partial charge in [0.15, 0.2) is 5.82 Å². The minimum Gasteiger partial charge on any atom is -0.475 e. The monoisotopic (exact) mass is 503 g/mol. The fourth-order valence-electron chi connectivity index (χ4n) is 2.26. The molecule has 0 spiro atoms. The summed E-state index contributed by atoms with van der Waals surface area (Å²) >= 11 is 11.8. The summed E-state index contributed by atoms with van der Waals surface area (Å²) in [5, 5.41) is 24.7. The molecule has 0 fully saturated rings. The average Bonchev–Trinajstić information content (AvgIpc) is 2.75. The van der Waals surface area contributed by atoms with Crippen molar-refractivity contribution in [1.82, 2.24) is 9.97 Å². The molecule has 0 unspecified atom stereocenters. The number of non-ortho nitro benzene ring substituents is 1. The molecule has 174 valence electrons. The molecule has 1 aromatic heterocycles. The molecule has 0 saturated heterocycles. The summed E-state index contributed by atoms with van der Waals surface area (Å²) in [6.45, 7) is 0.450. The van der Waals surface area contributed by atoms with E-state index in [4.69, 9.17) is 33.1 Å². The standard InChI is InChI=1S/C17H13Cl2N5O2.C2HF3O2/c18-15-10-21-17(19)23-16(15)22-13-5-2-4-12(8-13)20-9-11-3-1-6-14(7-11)24(25)26;3-2(4,5)1(6)7/h1-8,10,20H,9H2,(H,21,22,23);(H,6,7). The van der Waals surface area contributed by atoms with E-state index in [0.717, 1.165) is 16.9 Å². The van der Waals surface area contributed by atoms with Crippen molar-refractivity contribution in [3.63, 3.8) is 0 Å². The van der Waals surface area contributed by atoms with Gasteiger partial charge in [-0.2, -0.15) is 18.2 Å². The zero-order valence-electron chi connectivity index (χ0n) is 16.3. The Morgan fingerprint density at radius 3 is 2.39 bits per heavy atom. The molecular formula is C19H14Cl2F3N5O4. The van der Waals surface area contributed by atoms with E-state index in [1.54, 1.807) is 6.07 Å². The van der Waals surface area contributed by atoms with Crippen molar-refractivity contribution < 1.29 is 28.0 Å². The van der Waals surface area contributed by atoms with E-state index >= 15 is 0 Å². The number of nitro benzene ring substituents is 1. The topological polar surface area (TPSA) is 130 Å². The molecule has 0 radical (unpaired) electrons. The molecule has 0 bridgehead atoms. The Hall–Kier alpha value is -3.64. The predicted molar refractivity (Wildman–Crippen MR) is 116 cm³/mol. The Morgan fingerprint density at radius 2 is 1.76 bits per heavy atom. The zero-order chi connectivity index (χ0) is 24.6. The Morgan fingerprint density at radius 1 is 1.12 bits per heavy atom. The molecule has 0 aliphatic heterocycles. The maximum atomic E-state index is 10.8. The van der Waals surface area contributed by atoms with E-state index in [2.05, 4.69) is 20.6 Å². The van der Waals surface area contributed by atoms with Crippen LogP contribution in [0.5, 0.6) is 0 Å². The molecule has 0 saturated carbocycles. The molecule has 2 aromatic carbocycles. The van der Waals surface area contributed by atoms with Crippen LogP contribution < -0.4 is 10.6 Å². The van der Waals surface area contributed by atoms with Crippen molar-refractivity contribution in [2.75, 3.05) is 10.6 Å². The van der Waals surface area contributed by atoms with Crippen LogP contribution in [-0.4, -0.2) is 32.1 Å². The van der Waals surface area contributed by atoms with Crippen molar-refractivity contribution in [3.05, 3.63) is 80.7 Å². The van der Waals surface area contributed by atoms with Crippen LogP contribution in [0.25, 0.3) is 0 Å². The molecule has 3 rings (SSSR count). The Balaban J connectivity index is 0.000000479. The molecule has 0 aliphatic carbocycles.